The van der Waals surface area contributed by atoms with Crippen LogP contribution in [0.15, 0.2) is 183 Å². The first kappa shape index (κ1) is 28.3. The molecule has 0 saturated heterocycles. The van der Waals surface area contributed by atoms with E-state index in [9.17, 15) is 0 Å². The Hall–Kier alpha value is -6.72. The van der Waals surface area contributed by atoms with E-state index in [0.717, 1.165) is 83.4 Å². The zero-order chi connectivity index (χ0) is 33.0. The van der Waals surface area contributed by atoms with Crippen molar-refractivity contribution in [3.05, 3.63) is 180 Å². The van der Waals surface area contributed by atoms with Gasteiger partial charge in [0.25, 0.3) is 0 Å². The van der Waals surface area contributed by atoms with Gasteiger partial charge in [-0.3, -0.25) is 0 Å². The van der Waals surface area contributed by atoms with Gasteiger partial charge in [0, 0.05) is 43.8 Å². The molecule has 2 aromatic heterocycles. The van der Waals surface area contributed by atoms with Crippen molar-refractivity contribution >= 4 is 55.5 Å². The summed E-state index contributed by atoms with van der Waals surface area (Å²) in [4.78, 5) is 10.4. The number of benzene rings is 7. The molecular weight excluding hydrogens is 615 g/mol. The van der Waals surface area contributed by atoms with Crippen molar-refractivity contribution in [3.63, 3.8) is 0 Å². The van der Waals surface area contributed by atoms with Gasteiger partial charge in [-0.05, 0) is 34.9 Å². The third kappa shape index (κ3) is 4.71. The third-order valence-corrected chi connectivity index (χ3v) is 9.57. The lowest BCUT2D eigenvalue weighted by molar-refractivity contribution is 0.665. The fourth-order valence-electron chi connectivity index (χ4n) is 7.13. The van der Waals surface area contributed by atoms with Crippen LogP contribution in [0.4, 0.5) is 0 Å². The molecule has 0 fully saturated rings. The van der Waals surface area contributed by atoms with Crippen LogP contribution in [0.2, 0.25) is 0 Å². The molecule has 5 nitrogen and oxygen atoms in total. The molecule has 236 valence electrons. The van der Waals surface area contributed by atoms with Crippen LogP contribution in [0, 0.1) is 0 Å². The lowest BCUT2D eigenvalue weighted by Crippen LogP contribution is -2.36. The van der Waals surface area contributed by atoms with E-state index in [1.54, 1.807) is 0 Å². The fourth-order valence-corrected chi connectivity index (χ4v) is 7.13. The molecule has 9 aromatic rings. The number of rotatable bonds is 5. The van der Waals surface area contributed by atoms with E-state index in [2.05, 4.69) is 115 Å². The van der Waals surface area contributed by atoms with Crippen LogP contribution in [-0.4, -0.2) is 11.7 Å². The van der Waals surface area contributed by atoms with E-state index in [4.69, 9.17) is 18.8 Å². The summed E-state index contributed by atoms with van der Waals surface area (Å²) in [5, 5.41) is 7.82. The molecule has 1 unspecified atom stereocenters. The highest BCUT2D eigenvalue weighted by atomic mass is 16.3. The van der Waals surface area contributed by atoms with Crippen LogP contribution in [0.1, 0.15) is 22.9 Å². The minimum Gasteiger partial charge on any atom is -0.456 e. The number of nitrogens with one attached hydrogen (secondary N) is 1. The average molecular weight is 644 g/mol. The molecule has 0 radical (unpaired) electrons. The Morgan fingerprint density at radius 1 is 0.420 bits per heavy atom. The number of fused-ring (bicyclic) bond motifs is 6. The standard InChI is InChI=1S/C45H29N3O2/c1-3-11-28(12-4-1)29-21-23-30(24-22-29)33-16-9-17-36-41-37(18-10-20-39(41)50-42(33)36)45-47-43(31-13-5-2-6-14-31)46-44(48-45)32-25-26-35-34-15-7-8-19-38(34)49-40(35)27-32/h1-27,44H,(H,46,47,48). The molecule has 1 aliphatic heterocycles. The quantitative estimate of drug-likeness (QED) is 0.203. The number of nitrogens with zero attached hydrogens (tertiary/aromatic N) is 2. The molecule has 0 amide bonds. The topological polar surface area (TPSA) is 63.0 Å². The largest absolute Gasteiger partial charge is 0.456 e. The Morgan fingerprint density at radius 3 is 1.88 bits per heavy atom. The molecule has 7 aromatic carbocycles. The fraction of sp³-hybridized carbons (Fsp3) is 0.0222. The monoisotopic (exact) mass is 643 g/mol. The van der Waals surface area contributed by atoms with Gasteiger partial charge in [0.05, 0.1) is 0 Å². The van der Waals surface area contributed by atoms with Gasteiger partial charge < -0.3 is 14.2 Å². The second-order valence-electron chi connectivity index (χ2n) is 12.6. The van der Waals surface area contributed by atoms with Gasteiger partial charge in [0.2, 0.25) is 0 Å². The first-order chi connectivity index (χ1) is 24.8. The molecule has 50 heavy (non-hydrogen) atoms. The van der Waals surface area contributed by atoms with Crippen LogP contribution in [-0.2, 0) is 0 Å². The lowest BCUT2D eigenvalue weighted by atomic mass is 9.98. The number of hydrogen-bond donors (Lipinski definition) is 1. The first-order valence-electron chi connectivity index (χ1n) is 16.8. The summed E-state index contributed by atoms with van der Waals surface area (Å²) in [6, 6.07) is 56.3. The maximum absolute atomic E-state index is 6.66. The number of furan rings is 2. The van der Waals surface area contributed by atoms with Gasteiger partial charge in [-0.2, -0.15) is 0 Å². The highest BCUT2D eigenvalue weighted by Gasteiger charge is 2.24. The van der Waals surface area contributed by atoms with E-state index in [1.807, 2.05) is 54.6 Å². The number of para-hydroxylation sites is 2. The molecule has 10 rings (SSSR count). The number of amidine groups is 2. The third-order valence-electron chi connectivity index (χ3n) is 9.57. The second kappa shape index (κ2) is 11.5. The van der Waals surface area contributed by atoms with Crippen molar-refractivity contribution in [3.8, 4) is 22.3 Å². The van der Waals surface area contributed by atoms with Gasteiger partial charge in [-0.15, -0.1) is 0 Å². The van der Waals surface area contributed by atoms with Crippen molar-refractivity contribution in [1.29, 1.82) is 0 Å². The summed E-state index contributed by atoms with van der Waals surface area (Å²) in [6.45, 7) is 0. The van der Waals surface area contributed by atoms with Crippen molar-refractivity contribution in [1.82, 2.24) is 5.32 Å². The summed E-state index contributed by atoms with van der Waals surface area (Å²) in [5.74, 6) is 1.49. The first-order valence-corrected chi connectivity index (χ1v) is 16.8. The van der Waals surface area contributed by atoms with Crippen molar-refractivity contribution in [2.75, 3.05) is 0 Å². The van der Waals surface area contributed by atoms with Gasteiger partial charge in [0.15, 0.2) is 6.17 Å². The van der Waals surface area contributed by atoms with E-state index in [-0.39, 0.29) is 0 Å². The minimum absolute atomic E-state index is 0.480. The highest BCUT2D eigenvalue weighted by molar-refractivity contribution is 6.24. The SMILES string of the molecule is c1ccc(C2=NC(c3ccc4c(c3)oc3ccccc34)N=C(c3cccc4oc5c(-c6ccc(-c7ccccc7)cc6)cccc5c34)N2)cc1. The normalized spacial score (nSPS) is 14.6. The molecule has 1 atom stereocenters. The van der Waals surface area contributed by atoms with Crippen molar-refractivity contribution in [2.45, 2.75) is 6.17 Å². The molecule has 0 aliphatic carbocycles. The maximum Gasteiger partial charge on any atom is 0.169 e. The maximum atomic E-state index is 6.66. The summed E-state index contributed by atoms with van der Waals surface area (Å²) in [7, 11) is 0. The Kier molecular flexibility index (Phi) is 6.49. The van der Waals surface area contributed by atoms with Crippen LogP contribution in [0.25, 0.3) is 66.1 Å². The molecule has 0 bridgehead atoms. The van der Waals surface area contributed by atoms with E-state index in [0.29, 0.717) is 0 Å². The van der Waals surface area contributed by atoms with Gasteiger partial charge in [-0.1, -0.05) is 146 Å². The molecule has 3 heterocycles. The number of aliphatic imine (C=N–C) groups is 2. The smallest absolute Gasteiger partial charge is 0.169 e. The summed E-state index contributed by atoms with van der Waals surface area (Å²) in [5.41, 5.74) is 10.8. The Balaban J connectivity index is 1.10. The van der Waals surface area contributed by atoms with Gasteiger partial charge >= 0.3 is 0 Å². The Bertz CT molecular complexity index is 2770. The minimum atomic E-state index is -0.480. The predicted octanol–water partition coefficient (Wildman–Crippen LogP) is 11.3. The summed E-state index contributed by atoms with van der Waals surface area (Å²) >= 11 is 0. The second-order valence-corrected chi connectivity index (χ2v) is 12.6. The van der Waals surface area contributed by atoms with E-state index < -0.39 is 6.17 Å². The zero-order valence-electron chi connectivity index (χ0n) is 26.9. The van der Waals surface area contributed by atoms with Crippen molar-refractivity contribution in [2.24, 2.45) is 9.98 Å². The van der Waals surface area contributed by atoms with E-state index >= 15 is 0 Å². The van der Waals surface area contributed by atoms with Gasteiger partial charge in [0.1, 0.15) is 34.0 Å². The Labute approximate surface area is 287 Å². The summed E-state index contributed by atoms with van der Waals surface area (Å²) < 4.78 is 12.9. The molecule has 0 saturated carbocycles. The predicted molar refractivity (Wildman–Crippen MR) is 204 cm³/mol. The van der Waals surface area contributed by atoms with Crippen LogP contribution >= 0.6 is 0 Å². The molecule has 1 N–H and O–H groups in total. The summed E-state index contributed by atoms with van der Waals surface area (Å²) in [6.07, 6.45) is -0.480. The van der Waals surface area contributed by atoms with Gasteiger partial charge in [-0.25, -0.2) is 9.98 Å². The highest BCUT2D eigenvalue weighted by Crippen LogP contribution is 2.39. The number of hydrogen-bond acceptors (Lipinski definition) is 5. The molecule has 5 heteroatoms. The van der Waals surface area contributed by atoms with Crippen molar-refractivity contribution < 1.29 is 8.83 Å². The Morgan fingerprint density at radius 2 is 1.04 bits per heavy atom. The lowest BCUT2D eigenvalue weighted by Gasteiger charge is -2.22. The molecule has 0 spiro atoms. The average Bonchev–Trinajstić information content (AvgIpc) is 3.77. The molecule has 1 aliphatic rings. The van der Waals surface area contributed by atoms with E-state index in [1.165, 1.54) is 11.1 Å². The van der Waals surface area contributed by atoms with Crippen LogP contribution in [0.5, 0.6) is 0 Å². The molecular formula is C45H29N3O2. The van der Waals surface area contributed by atoms with Crippen LogP contribution < -0.4 is 5.32 Å². The zero-order valence-corrected chi connectivity index (χ0v) is 26.9. The van der Waals surface area contributed by atoms with Crippen LogP contribution in [0.3, 0.4) is 0 Å².